The van der Waals surface area contributed by atoms with E-state index in [1.165, 1.54) is 31.1 Å². The van der Waals surface area contributed by atoms with Crippen LogP contribution in [0.3, 0.4) is 0 Å². The highest BCUT2D eigenvalue weighted by molar-refractivity contribution is 5.97. The summed E-state index contributed by atoms with van der Waals surface area (Å²) in [6, 6.07) is 10.2. The molecule has 1 aromatic rings. The SMILES string of the molecule is N#C/C(=C/Nc1ccc(N2CCCCC2)cc1)C(=O)N1CCN(CCN)CC1. The van der Waals surface area contributed by atoms with Gasteiger partial charge >= 0.3 is 0 Å². The van der Waals surface area contributed by atoms with Crippen molar-refractivity contribution in [1.82, 2.24) is 9.80 Å². The minimum atomic E-state index is -0.215. The average Bonchev–Trinajstić information content (AvgIpc) is 2.76. The Morgan fingerprint density at radius 1 is 1.07 bits per heavy atom. The van der Waals surface area contributed by atoms with Crippen molar-refractivity contribution in [3.63, 3.8) is 0 Å². The van der Waals surface area contributed by atoms with Gasteiger partial charge in [0.15, 0.2) is 0 Å². The van der Waals surface area contributed by atoms with Crippen LogP contribution in [-0.4, -0.2) is 68.1 Å². The second kappa shape index (κ2) is 10.1. The molecule has 2 aliphatic rings. The summed E-state index contributed by atoms with van der Waals surface area (Å²) in [5.74, 6) is -0.215. The Morgan fingerprint density at radius 2 is 1.75 bits per heavy atom. The molecule has 150 valence electrons. The first-order valence-electron chi connectivity index (χ1n) is 10.1. The Balaban J connectivity index is 1.55. The molecule has 0 bridgehead atoms. The predicted molar refractivity (Wildman–Crippen MR) is 112 cm³/mol. The van der Waals surface area contributed by atoms with Crippen LogP contribution in [-0.2, 0) is 4.79 Å². The number of nitrogens with zero attached hydrogens (tertiary/aromatic N) is 4. The first kappa shape index (κ1) is 20.2. The number of nitriles is 1. The lowest BCUT2D eigenvalue weighted by molar-refractivity contribution is -0.128. The van der Waals surface area contributed by atoms with Gasteiger partial charge in [-0.05, 0) is 43.5 Å². The molecule has 1 amide bonds. The van der Waals surface area contributed by atoms with Crippen LogP contribution < -0.4 is 16.0 Å². The maximum Gasteiger partial charge on any atom is 0.266 e. The fourth-order valence-corrected chi connectivity index (χ4v) is 3.75. The van der Waals surface area contributed by atoms with E-state index >= 15 is 0 Å². The number of nitrogens with two attached hydrogens (primary N) is 1. The van der Waals surface area contributed by atoms with E-state index in [-0.39, 0.29) is 11.5 Å². The Kier molecular flexibility index (Phi) is 7.29. The lowest BCUT2D eigenvalue weighted by Gasteiger charge is -2.34. The number of anilines is 2. The molecule has 0 aliphatic carbocycles. The van der Waals surface area contributed by atoms with Gasteiger partial charge in [-0.2, -0.15) is 5.26 Å². The number of piperidine rings is 1. The number of nitrogens with one attached hydrogen (secondary N) is 1. The van der Waals surface area contributed by atoms with Crippen LogP contribution in [0.1, 0.15) is 19.3 Å². The number of hydrogen-bond donors (Lipinski definition) is 2. The zero-order valence-electron chi connectivity index (χ0n) is 16.4. The third-order valence-electron chi connectivity index (χ3n) is 5.43. The van der Waals surface area contributed by atoms with E-state index in [4.69, 9.17) is 5.73 Å². The molecule has 3 N–H and O–H groups in total. The van der Waals surface area contributed by atoms with E-state index in [1.54, 1.807) is 4.90 Å². The summed E-state index contributed by atoms with van der Waals surface area (Å²) in [4.78, 5) is 19.0. The highest BCUT2D eigenvalue weighted by Gasteiger charge is 2.23. The second-order valence-electron chi connectivity index (χ2n) is 7.33. The number of benzene rings is 1. The van der Waals surface area contributed by atoms with Crippen LogP contribution in [0.4, 0.5) is 11.4 Å². The Labute approximate surface area is 167 Å². The zero-order valence-corrected chi connectivity index (χ0v) is 16.4. The van der Waals surface area contributed by atoms with E-state index in [0.717, 1.165) is 38.4 Å². The van der Waals surface area contributed by atoms with Crippen molar-refractivity contribution in [2.45, 2.75) is 19.3 Å². The molecule has 3 rings (SSSR count). The molecule has 0 aromatic heterocycles. The van der Waals surface area contributed by atoms with Gasteiger partial charge in [-0.15, -0.1) is 0 Å². The number of carbonyl (C=O) groups is 1. The van der Waals surface area contributed by atoms with Crippen molar-refractivity contribution in [2.24, 2.45) is 5.73 Å². The van der Waals surface area contributed by atoms with E-state index in [2.05, 4.69) is 27.2 Å². The molecule has 2 heterocycles. The monoisotopic (exact) mass is 382 g/mol. The van der Waals surface area contributed by atoms with Crippen LogP contribution in [0, 0.1) is 11.3 Å². The lowest BCUT2D eigenvalue weighted by atomic mass is 10.1. The Morgan fingerprint density at radius 3 is 2.36 bits per heavy atom. The number of piperazine rings is 1. The summed E-state index contributed by atoms with van der Waals surface area (Å²) in [7, 11) is 0. The number of amides is 1. The molecule has 2 aliphatic heterocycles. The summed E-state index contributed by atoms with van der Waals surface area (Å²) in [6.07, 6.45) is 5.33. The van der Waals surface area contributed by atoms with Gasteiger partial charge in [0, 0.05) is 69.9 Å². The number of rotatable bonds is 6. The summed E-state index contributed by atoms with van der Waals surface area (Å²) < 4.78 is 0. The Bertz CT molecular complexity index is 709. The molecule has 0 atom stereocenters. The molecular weight excluding hydrogens is 352 g/mol. The molecule has 7 heteroatoms. The summed E-state index contributed by atoms with van der Waals surface area (Å²) in [5, 5.41) is 12.5. The van der Waals surface area contributed by atoms with Gasteiger partial charge < -0.3 is 20.9 Å². The van der Waals surface area contributed by atoms with Crippen LogP contribution in [0.2, 0.25) is 0 Å². The molecule has 28 heavy (non-hydrogen) atoms. The molecule has 0 spiro atoms. The van der Waals surface area contributed by atoms with Crippen LogP contribution >= 0.6 is 0 Å². The van der Waals surface area contributed by atoms with Gasteiger partial charge in [-0.1, -0.05) is 0 Å². The van der Waals surface area contributed by atoms with Crippen molar-refractivity contribution in [3.05, 3.63) is 36.0 Å². The standard InChI is InChI=1S/C21H30N6O/c22-8-11-25-12-14-27(15-13-25)21(28)18(16-23)17-24-19-4-6-20(7-5-19)26-9-2-1-3-10-26/h4-7,17,24H,1-3,8-15,22H2/b18-17-. The maximum absolute atomic E-state index is 12.6. The highest BCUT2D eigenvalue weighted by atomic mass is 16.2. The van der Waals surface area contributed by atoms with Crippen molar-refractivity contribution in [2.75, 3.05) is 62.6 Å². The van der Waals surface area contributed by atoms with Crippen LogP contribution in [0.25, 0.3) is 0 Å². The average molecular weight is 383 g/mol. The zero-order chi connectivity index (χ0) is 19.8. The first-order valence-corrected chi connectivity index (χ1v) is 10.1. The molecule has 1 aromatic carbocycles. The van der Waals surface area contributed by atoms with Crippen molar-refractivity contribution >= 4 is 17.3 Å². The maximum atomic E-state index is 12.6. The second-order valence-corrected chi connectivity index (χ2v) is 7.33. The van der Waals surface area contributed by atoms with E-state index in [9.17, 15) is 10.1 Å². The molecule has 2 saturated heterocycles. The third-order valence-corrected chi connectivity index (χ3v) is 5.43. The van der Waals surface area contributed by atoms with Crippen molar-refractivity contribution < 1.29 is 4.79 Å². The van der Waals surface area contributed by atoms with Crippen molar-refractivity contribution in [1.29, 1.82) is 5.26 Å². The summed E-state index contributed by atoms with van der Waals surface area (Å²) in [5.41, 5.74) is 7.81. The quantitative estimate of drug-likeness (QED) is 0.574. The van der Waals surface area contributed by atoms with Gasteiger partial charge in [0.25, 0.3) is 5.91 Å². The normalized spacial score (nSPS) is 18.6. The lowest BCUT2D eigenvalue weighted by Crippen LogP contribution is -2.50. The molecular formula is C21H30N6O. The van der Waals surface area contributed by atoms with Gasteiger partial charge in [-0.25, -0.2) is 0 Å². The van der Waals surface area contributed by atoms with Crippen molar-refractivity contribution in [3.8, 4) is 6.07 Å². The Hall–Kier alpha value is -2.56. The molecule has 7 nitrogen and oxygen atoms in total. The van der Waals surface area contributed by atoms with Gasteiger partial charge in [0.2, 0.25) is 0 Å². The fraction of sp³-hybridized carbons (Fsp3) is 0.524. The van der Waals surface area contributed by atoms with Crippen LogP contribution in [0.5, 0.6) is 0 Å². The molecule has 0 saturated carbocycles. The minimum Gasteiger partial charge on any atom is -0.372 e. The van der Waals surface area contributed by atoms with Gasteiger partial charge in [0.1, 0.15) is 11.6 Å². The summed E-state index contributed by atoms with van der Waals surface area (Å²) in [6.45, 7) is 6.54. The third kappa shape index (κ3) is 5.24. The van der Waals surface area contributed by atoms with E-state index in [0.29, 0.717) is 19.6 Å². The largest absolute Gasteiger partial charge is 0.372 e. The smallest absolute Gasteiger partial charge is 0.266 e. The van der Waals surface area contributed by atoms with E-state index < -0.39 is 0 Å². The minimum absolute atomic E-state index is 0.132. The van der Waals surface area contributed by atoms with Gasteiger partial charge in [0.05, 0.1) is 0 Å². The fourth-order valence-electron chi connectivity index (χ4n) is 3.75. The van der Waals surface area contributed by atoms with E-state index in [1.807, 2.05) is 18.2 Å². The van der Waals surface area contributed by atoms with Gasteiger partial charge in [-0.3, -0.25) is 9.69 Å². The first-order chi connectivity index (χ1) is 13.7. The number of carbonyl (C=O) groups excluding carboxylic acids is 1. The predicted octanol–water partition coefficient (Wildman–Crippen LogP) is 1.60. The molecule has 0 radical (unpaired) electrons. The highest BCUT2D eigenvalue weighted by Crippen LogP contribution is 2.22. The topological polar surface area (TPSA) is 88.6 Å². The van der Waals surface area contributed by atoms with Crippen LogP contribution in [0.15, 0.2) is 36.0 Å². The molecule has 2 fully saturated rings. The molecule has 0 unspecified atom stereocenters. The number of hydrogen-bond acceptors (Lipinski definition) is 6. The summed E-state index contributed by atoms with van der Waals surface area (Å²) >= 11 is 0.